The van der Waals surface area contributed by atoms with E-state index in [0.717, 1.165) is 11.3 Å². The molecule has 2 aromatic rings. The molecule has 0 aliphatic rings. The van der Waals surface area contributed by atoms with E-state index in [1.807, 2.05) is 43.3 Å². The van der Waals surface area contributed by atoms with Gasteiger partial charge in [-0.1, -0.05) is 6.07 Å². The van der Waals surface area contributed by atoms with Crippen LogP contribution in [0.3, 0.4) is 0 Å². The van der Waals surface area contributed by atoms with Crippen LogP contribution in [0.2, 0.25) is 0 Å². The van der Waals surface area contributed by atoms with E-state index in [4.69, 9.17) is 10.5 Å². The first-order valence-electron chi connectivity index (χ1n) is 6.30. The second kappa shape index (κ2) is 7.04. The summed E-state index contributed by atoms with van der Waals surface area (Å²) in [6.07, 6.45) is 3.29. The van der Waals surface area contributed by atoms with Crippen LogP contribution in [0, 0.1) is 0 Å². The van der Waals surface area contributed by atoms with Crippen LogP contribution in [0.25, 0.3) is 0 Å². The Morgan fingerprint density at radius 2 is 2.05 bits per heavy atom. The van der Waals surface area contributed by atoms with E-state index >= 15 is 0 Å². The normalized spacial score (nSPS) is 11.8. The van der Waals surface area contributed by atoms with Crippen molar-refractivity contribution in [3.63, 3.8) is 0 Å². The predicted molar refractivity (Wildman–Crippen MR) is 80.2 cm³/mol. The molecular weight excluding hydrogens is 252 g/mol. The van der Waals surface area contributed by atoms with Crippen molar-refractivity contribution in [2.75, 3.05) is 6.61 Å². The fourth-order valence-corrected chi connectivity index (χ4v) is 1.54. The molecule has 0 bridgehead atoms. The molecule has 1 aromatic heterocycles. The molecule has 0 saturated carbocycles. The van der Waals surface area contributed by atoms with Gasteiger partial charge in [-0.15, -0.1) is 5.10 Å². The van der Waals surface area contributed by atoms with E-state index in [-0.39, 0.29) is 5.84 Å². The Hall–Kier alpha value is -2.69. The highest BCUT2D eigenvalue weighted by Gasteiger charge is 1.96. The largest absolute Gasteiger partial charge is 0.494 e. The van der Waals surface area contributed by atoms with E-state index < -0.39 is 0 Å². The average molecular weight is 268 g/mol. The minimum Gasteiger partial charge on any atom is -0.494 e. The quantitative estimate of drug-likeness (QED) is 0.513. The molecule has 1 aromatic carbocycles. The number of amidine groups is 1. The average Bonchev–Trinajstić information content (AvgIpc) is 2.50. The third kappa shape index (κ3) is 3.91. The summed E-state index contributed by atoms with van der Waals surface area (Å²) >= 11 is 0. The van der Waals surface area contributed by atoms with Crippen molar-refractivity contribution in [1.29, 1.82) is 0 Å². The molecule has 2 rings (SSSR count). The Morgan fingerprint density at radius 1 is 1.25 bits per heavy atom. The van der Waals surface area contributed by atoms with Gasteiger partial charge in [-0.05, 0) is 48.9 Å². The Bertz CT molecular complexity index is 591. The molecule has 5 heteroatoms. The molecule has 2 N–H and O–H groups in total. The van der Waals surface area contributed by atoms with Crippen LogP contribution in [0.1, 0.15) is 18.2 Å². The van der Waals surface area contributed by atoms with Gasteiger partial charge in [-0.2, -0.15) is 5.10 Å². The van der Waals surface area contributed by atoms with E-state index in [1.54, 1.807) is 18.5 Å². The Morgan fingerprint density at radius 3 is 2.70 bits per heavy atom. The maximum absolute atomic E-state index is 5.78. The van der Waals surface area contributed by atoms with Gasteiger partial charge in [0, 0.05) is 6.20 Å². The molecule has 0 aliphatic carbocycles. The van der Waals surface area contributed by atoms with Gasteiger partial charge in [0.15, 0.2) is 5.84 Å². The number of nitrogens with zero attached hydrogens (tertiary/aromatic N) is 3. The van der Waals surface area contributed by atoms with Gasteiger partial charge in [-0.25, -0.2) is 0 Å². The lowest BCUT2D eigenvalue weighted by molar-refractivity contribution is 0.340. The van der Waals surface area contributed by atoms with Gasteiger partial charge in [0.05, 0.1) is 12.8 Å². The Balaban J connectivity index is 2.02. The molecule has 0 atom stereocenters. The van der Waals surface area contributed by atoms with E-state index in [2.05, 4.69) is 15.2 Å². The summed E-state index contributed by atoms with van der Waals surface area (Å²) in [7, 11) is 0. The third-order valence-corrected chi connectivity index (χ3v) is 2.49. The van der Waals surface area contributed by atoms with Gasteiger partial charge in [0.2, 0.25) is 0 Å². The van der Waals surface area contributed by atoms with Crippen molar-refractivity contribution in [1.82, 2.24) is 4.98 Å². The van der Waals surface area contributed by atoms with Gasteiger partial charge >= 0.3 is 0 Å². The van der Waals surface area contributed by atoms with Crippen LogP contribution < -0.4 is 10.5 Å². The molecule has 102 valence electrons. The molecule has 20 heavy (non-hydrogen) atoms. The van der Waals surface area contributed by atoms with Crippen molar-refractivity contribution in [2.45, 2.75) is 6.92 Å². The fourth-order valence-electron chi connectivity index (χ4n) is 1.54. The minimum atomic E-state index is 0.285. The summed E-state index contributed by atoms with van der Waals surface area (Å²) in [5.74, 6) is 1.12. The number of hydrogen-bond donors (Lipinski definition) is 1. The van der Waals surface area contributed by atoms with Crippen molar-refractivity contribution in [3.05, 3.63) is 59.9 Å². The van der Waals surface area contributed by atoms with E-state index in [9.17, 15) is 0 Å². The molecule has 5 nitrogen and oxygen atoms in total. The summed E-state index contributed by atoms with van der Waals surface area (Å²) < 4.78 is 5.36. The second-order valence-electron chi connectivity index (χ2n) is 3.95. The number of nitrogens with two attached hydrogens (primary N) is 1. The Labute approximate surface area is 117 Å². The van der Waals surface area contributed by atoms with Gasteiger partial charge in [0.1, 0.15) is 11.4 Å². The first kappa shape index (κ1) is 13.7. The van der Waals surface area contributed by atoms with Crippen LogP contribution in [0.4, 0.5) is 0 Å². The second-order valence-corrected chi connectivity index (χ2v) is 3.95. The molecule has 0 saturated heterocycles. The molecular formula is C15H16N4O. The van der Waals surface area contributed by atoms with Gasteiger partial charge in [0.25, 0.3) is 0 Å². The maximum atomic E-state index is 5.78. The lowest BCUT2D eigenvalue weighted by atomic mass is 10.2. The third-order valence-electron chi connectivity index (χ3n) is 2.49. The van der Waals surface area contributed by atoms with Crippen molar-refractivity contribution < 1.29 is 4.74 Å². The zero-order valence-electron chi connectivity index (χ0n) is 11.2. The monoisotopic (exact) mass is 268 g/mol. The standard InChI is InChI=1S/C15H16N4O/c1-2-20-13-8-6-12(7-9-13)11-18-19-15(16)14-5-3-4-10-17-14/h3-11H,2H2,1H3,(H2,16,19). The number of aromatic nitrogens is 1. The minimum absolute atomic E-state index is 0.285. The SMILES string of the molecule is CCOc1ccc(C=NN=C(N)c2ccccn2)cc1. The van der Waals surface area contributed by atoms with E-state index in [1.165, 1.54) is 0 Å². The van der Waals surface area contributed by atoms with Crippen molar-refractivity contribution in [3.8, 4) is 5.75 Å². The number of ether oxygens (including phenoxy) is 1. The topological polar surface area (TPSA) is 72.9 Å². The summed E-state index contributed by atoms with van der Waals surface area (Å²) in [6, 6.07) is 13.0. The molecule has 0 radical (unpaired) electrons. The number of benzene rings is 1. The molecule has 1 heterocycles. The number of hydrogen-bond acceptors (Lipinski definition) is 4. The molecule has 0 unspecified atom stereocenters. The summed E-state index contributed by atoms with van der Waals surface area (Å²) in [4.78, 5) is 4.09. The van der Waals surface area contributed by atoms with Gasteiger partial charge < -0.3 is 10.5 Å². The molecule has 0 aliphatic heterocycles. The first-order chi connectivity index (χ1) is 9.79. The van der Waals surface area contributed by atoms with Crippen molar-refractivity contribution >= 4 is 12.1 Å². The molecule has 0 spiro atoms. The van der Waals surface area contributed by atoms with Crippen LogP contribution in [-0.4, -0.2) is 23.6 Å². The zero-order chi connectivity index (χ0) is 14.2. The maximum Gasteiger partial charge on any atom is 0.171 e. The lowest BCUT2D eigenvalue weighted by Gasteiger charge is -2.01. The highest BCUT2D eigenvalue weighted by Crippen LogP contribution is 2.10. The summed E-state index contributed by atoms with van der Waals surface area (Å²) in [5, 5.41) is 7.87. The summed E-state index contributed by atoms with van der Waals surface area (Å²) in [6.45, 7) is 2.60. The summed E-state index contributed by atoms with van der Waals surface area (Å²) in [5.41, 5.74) is 7.31. The Kier molecular flexibility index (Phi) is 4.83. The zero-order valence-corrected chi connectivity index (χ0v) is 11.2. The first-order valence-corrected chi connectivity index (χ1v) is 6.30. The van der Waals surface area contributed by atoms with Crippen LogP contribution in [0.5, 0.6) is 5.75 Å². The highest BCUT2D eigenvalue weighted by molar-refractivity contribution is 5.95. The van der Waals surface area contributed by atoms with Crippen LogP contribution >= 0.6 is 0 Å². The molecule has 0 fully saturated rings. The number of rotatable bonds is 5. The fraction of sp³-hybridized carbons (Fsp3) is 0.133. The smallest absolute Gasteiger partial charge is 0.171 e. The highest BCUT2D eigenvalue weighted by atomic mass is 16.5. The van der Waals surface area contributed by atoms with E-state index in [0.29, 0.717) is 12.3 Å². The number of pyridine rings is 1. The predicted octanol–water partition coefficient (Wildman–Crippen LogP) is 2.22. The van der Waals surface area contributed by atoms with Crippen molar-refractivity contribution in [2.24, 2.45) is 15.9 Å². The molecule has 0 amide bonds. The lowest BCUT2D eigenvalue weighted by Crippen LogP contribution is -2.14. The van der Waals surface area contributed by atoms with Crippen LogP contribution in [0.15, 0.2) is 58.9 Å². The van der Waals surface area contributed by atoms with Crippen LogP contribution in [-0.2, 0) is 0 Å². The van der Waals surface area contributed by atoms with Gasteiger partial charge in [-0.3, -0.25) is 4.98 Å².